The van der Waals surface area contributed by atoms with Crippen LogP contribution in [0, 0.1) is 5.82 Å². The lowest BCUT2D eigenvalue weighted by Crippen LogP contribution is -2.19. The van der Waals surface area contributed by atoms with Crippen LogP contribution in [0.1, 0.15) is 17.2 Å². The minimum absolute atomic E-state index is 0.100. The van der Waals surface area contributed by atoms with Gasteiger partial charge >= 0.3 is 0 Å². The maximum absolute atomic E-state index is 13.4. The second kappa shape index (κ2) is 6.86. The molecule has 0 fully saturated rings. The van der Waals surface area contributed by atoms with Crippen LogP contribution in [0.3, 0.4) is 0 Å². The molecule has 2 nitrogen and oxygen atoms in total. The Kier molecular flexibility index (Phi) is 5.15. The minimum atomic E-state index is -0.219. The van der Waals surface area contributed by atoms with E-state index in [9.17, 15) is 4.39 Å². The van der Waals surface area contributed by atoms with Gasteiger partial charge in [0.25, 0.3) is 0 Å². The number of benzene rings is 2. The van der Waals surface area contributed by atoms with Gasteiger partial charge in [-0.2, -0.15) is 0 Å². The molecule has 1 N–H and O–H groups in total. The number of ether oxygens (including phenoxy) is 1. The predicted octanol–water partition coefficient (Wildman–Crippen LogP) is 4.10. The molecule has 0 bridgehead atoms. The summed E-state index contributed by atoms with van der Waals surface area (Å²) in [5, 5.41) is 3.27. The van der Waals surface area contributed by atoms with Crippen molar-refractivity contribution in [1.82, 2.24) is 5.32 Å². The maximum atomic E-state index is 13.4. The van der Waals surface area contributed by atoms with E-state index in [4.69, 9.17) is 4.74 Å². The van der Waals surface area contributed by atoms with Crippen LogP contribution in [0.15, 0.2) is 46.9 Å². The molecule has 0 aliphatic heterocycles. The zero-order valence-electron chi connectivity index (χ0n) is 11.5. The molecule has 20 heavy (non-hydrogen) atoms. The summed E-state index contributed by atoms with van der Waals surface area (Å²) in [6, 6.07) is 12.8. The molecule has 1 atom stereocenters. The highest BCUT2D eigenvalue weighted by Gasteiger charge is 2.13. The Labute approximate surface area is 127 Å². The van der Waals surface area contributed by atoms with E-state index in [0.717, 1.165) is 21.3 Å². The highest BCUT2D eigenvalue weighted by atomic mass is 79.9. The van der Waals surface area contributed by atoms with Crippen LogP contribution in [0.5, 0.6) is 5.75 Å². The molecule has 0 aliphatic rings. The summed E-state index contributed by atoms with van der Waals surface area (Å²) < 4.78 is 19.5. The van der Waals surface area contributed by atoms with Crippen molar-refractivity contribution in [3.63, 3.8) is 0 Å². The van der Waals surface area contributed by atoms with Gasteiger partial charge in [0, 0.05) is 10.5 Å². The van der Waals surface area contributed by atoms with E-state index < -0.39 is 0 Å². The first kappa shape index (κ1) is 15.0. The van der Waals surface area contributed by atoms with Crippen molar-refractivity contribution in [2.24, 2.45) is 0 Å². The number of methoxy groups -OCH3 is 1. The highest BCUT2D eigenvalue weighted by molar-refractivity contribution is 9.10. The normalized spacial score (nSPS) is 12.2. The molecule has 2 aromatic carbocycles. The molecule has 106 valence electrons. The molecule has 0 radical (unpaired) electrons. The molecule has 0 saturated carbocycles. The fourth-order valence-corrected chi connectivity index (χ4v) is 2.57. The summed E-state index contributed by atoms with van der Waals surface area (Å²) in [4.78, 5) is 0. The Morgan fingerprint density at radius 3 is 2.75 bits per heavy atom. The van der Waals surface area contributed by atoms with Crippen LogP contribution in [0.25, 0.3) is 0 Å². The largest absolute Gasteiger partial charge is 0.497 e. The first-order valence-electron chi connectivity index (χ1n) is 6.39. The lowest BCUT2D eigenvalue weighted by atomic mass is 9.99. The maximum Gasteiger partial charge on any atom is 0.123 e. The molecule has 1 unspecified atom stereocenters. The molecule has 0 aliphatic carbocycles. The van der Waals surface area contributed by atoms with Gasteiger partial charge in [0.05, 0.1) is 7.11 Å². The van der Waals surface area contributed by atoms with E-state index in [0.29, 0.717) is 6.42 Å². The summed E-state index contributed by atoms with van der Waals surface area (Å²) in [5.74, 6) is 0.602. The van der Waals surface area contributed by atoms with Crippen LogP contribution in [-0.4, -0.2) is 14.2 Å². The number of hydrogen-bond donors (Lipinski definition) is 1. The van der Waals surface area contributed by atoms with Crippen molar-refractivity contribution in [1.29, 1.82) is 0 Å². The summed E-state index contributed by atoms with van der Waals surface area (Å²) in [6.07, 6.45) is 0.696. The van der Waals surface area contributed by atoms with E-state index >= 15 is 0 Å². The van der Waals surface area contributed by atoms with Crippen molar-refractivity contribution in [2.45, 2.75) is 12.5 Å². The van der Waals surface area contributed by atoms with Gasteiger partial charge in [0.2, 0.25) is 0 Å². The average molecular weight is 338 g/mol. The molecule has 0 saturated heterocycles. The molecular weight excluding hydrogens is 321 g/mol. The number of rotatable bonds is 5. The van der Waals surface area contributed by atoms with Crippen LogP contribution < -0.4 is 10.1 Å². The van der Waals surface area contributed by atoms with E-state index in [2.05, 4.69) is 21.2 Å². The SMILES string of the molecule is CNC(Cc1cc(F)ccc1Br)c1cccc(OC)c1. The van der Waals surface area contributed by atoms with Gasteiger partial charge in [-0.15, -0.1) is 0 Å². The van der Waals surface area contributed by atoms with Gasteiger partial charge in [-0.25, -0.2) is 4.39 Å². The molecule has 0 aromatic heterocycles. The monoisotopic (exact) mass is 337 g/mol. The fourth-order valence-electron chi connectivity index (χ4n) is 2.16. The lowest BCUT2D eigenvalue weighted by Gasteiger charge is -2.18. The standard InChI is InChI=1S/C16H17BrFNO/c1-19-16(11-4-3-5-14(9-11)20-2)10-12-8-13(18)6-7-15(12)17/h3-9,16,19H,10H2,1-2H3. The smallest absolute Gasteiger partial charge is 0.123 e. The Bertz CT molecular complexity index is 588. The molecular formula is C16H17BrFNO. The summed E-state index contributed by atoms with van der Waals surface area (Å²) in [6.45, 7) is 0. The van der Waals surface area contributed by atoms with E-state index in [1.165, 1.54) is 6.07 Å². The Morgan fingerprint density at radius 2 is 2.05 bits per heavy atom. The third kappa shape index (κ3) is 3.58. The topological polar surface area (TPSA) is 21.3 Å². The van der Waals surface area contributed by atoms with Crippen molar-refractivity contribution in [3.05, 3.63) is 63.9 Å². The summed E-state index contributed by atoms with van der Waals surface area (Å²) >= 11 is 3.47. The molecule has 4 heteroatoms. The third-order valence-electron chi connectivity index (χ3n) is 3.28. The second-order valence-corrected chi connectivity index (χ2v) is 5.41. The Hall–Kier alpha value is -1.39. The van der Waals surface area contributed by atoms with Crippen molar-refractivity contribution in [3.8, 4) is 5.75 Å². The lowest BCUT2D eigenvalue weighted by molar-refractivity contribution is 0.413. The Morgan fingerprint density at radius 1 is 1.25 bits per heavy atom. The number of halogens is 2. The molecule has 0 spiro atoms. The Balaban J connectivity index is 2.26. The van der Waals surface area contributed by atoms with Crippen molar-refractivity contribution in [2.75, 3.05) is 14.2 Å². The first-order valence-corrected chi connectivity index (χ1v) is 7.18. The van der Waals surface area contributed by atoms with Crippen molar-refractivity contribution >= 4 is 15.9 Å². The number of nitrogens with one attached hydrogen (secondary N) is 1. The number of hydrogen-bond acceptors (Lipinski definition) is 2. The van der Waals surface area contributed by atoms with Gasteiger partial charge in [-0.05, 0) is 54.9 Å². The van der Waals surface area contributed by atoms with Gasteiger partial charge in [-0.1, -0.05) is 28.1 Å². The van der Waals surface area contributed by atoms with E-state index in [1.54, 1.807) is 19.2 Å². The van der Waals surface area contributed by atoms with Crippen LogP contribution >= 0.6 is 15.9 Å². The average Bonchev–Trinajstić information content (AvgIpc) is 2.48. The van der Waals surface area contributed by atoms with Crippen LogP contribution in [0.4, 0.5) is 4.39 Å². The molecule has 2 aromatic rings. The fraction of sp³-hybridized carbons (Fsp3) is 0.250. The summed E-state index contributed by atoms with van der Waals surface area (Å²) in [7, 11) is 3.55. The molecule has 0 amide bonds. The third-order valence-corrected chi connectivity index (χ3v) is 4.05. The molecule has 2 rings (SSSR count). The van der Waals surface area contributed by atoms with Gasteiger partial charge < -0.3 is 10.1 Å². The zero-order chi connectivity index (χ0) is 14.5. The molecule has 0 heterocycles. The zero-order valence-corrected chi connectivity index (χ0v) is 13.1. The van der Waals surface area contributed by atoms with Crippen LogP contribution in [-0.2, 0) is 6.42 Å². The van der Waals surface area contributed by atoms with Gasteiger partial charge in [0.1, 0.15) is 11.6 Å². The van der Waals surface area contributed by atoms with E-state index in [1.807, 2.05) is 31.3 Å². The second-order valence-electron chi connectivity index (χ2n) is 4.56. The first-order chi connectivity index (χ1) is 9.63. The minimum Gasteiger partial charge on any atom is -0.497 e. The van der Waals surface area contributed by atoms with Crippen LogP contribution in [0.2, 0.25) is 0 Å². The van der Waals surface area contributed by atoms with Gasteiger partial charge in [-0.3, -0.25) is 0 Å². The number of likely N-dealkylation sites (N-methyl/N-ethyl adjacent to an activating group) is 1. The predicted molar refractivity (Wildman–Crippen MR) is 82.6 cm³/mol. The van der Waals surface area contributed by atoms with Crippen molar-refractivity contribution < 1.29 is 9.13 Å². The summed E-state index contributed by atoms with van der Waals surface area (Å²) in [5.41, 5.74) is 2.05. The quantitative estimate of drug-likeness (QED) is 0.886. The van der Waals surface area contributed by atoms with Gasteiger partial charge in [0.15, 0.2) is 0 Å². The van der Waals surface area contributed by atoms with E-state index in [-0.39, 0.29) is 11.9 Å². The highest BCUT2D eigenvalue weighted by Crippen LogP contribution is 2.26.